The summed E-state index contributed by atoms with van der Waals surface area (Å²) in [6.07, 6.45) is 5.24. The van der Waals surface area contributed by atoms with Crippen LogP contribution in [0.5, 0.6) is 0 Å². The number of thiophene rings is 1. The third-order valence-corrected chi connectivity index (χ3v) is 4.60. The van der Waals surface area contributed by atoms with Crippen molar-refractivity contribution in [2.45, 2.75) is 19.4 Å². The average molecular weight is 346 g/mol. The fourth-order valence-corrected chi connectivity index (χ4v) is 3.42. The lowest BCUT2D eigenvalue weighted by molar-refractivity contribution is 0.0792. The number of hydrogen-bond donors (Lipinski definition) is 3. The minimum atomic E-state index is -0.468. The number of carbonyl (C=O) groups excluding carboxylic acids is 2. The van der Waals surface area contributed by atoms with Crippen LogP contribution in [-0.4, -0.2) is 45.9 Å². The highest BCUT2D eigenvalue weighted by molar-refractivity contribution is 7.16. The fraction of sp³-hybridized carbons (Fsp3) is 0.333. The van der Waals surface area contributed by atoms with Gasteiger partial charge in [-0.15, -0.1) is 11.3 Å². The van der Waals surface area contributed by atoms with E-state index in [1.807, 2.05) is 6.92 Å². The summed E-state index contributed by atoms with van der Waals surface area (Å²) < 4.78 is 0. The van der Waals surface area contributed by atoms with Crippen LogP contribution in [0.4, 0.5) is 15.6 Å². The predicted octanol–water partition coefficient (Wildman–Crippen LogP) is 1.66. The lowest BCUT2D eigenvalue weighted by Gasteiger charge is -2.16. The maximum atomic E-state index is 12.6. The molecule has 2 aromatic heterocycles. The number of aromatic nitrogens is 2. The van der Waals surface area contributed by atoms with Gasteiger partial charge in [-0.3, -0.25) is 20.4 Å². The number of hydrogen-bond acceptors (Lipinski definition) is 6. The molecule has 1 atom stereocenters. The van der Waals surface area contributed by atoms with E-state index >= 15 is 0 Å². The zero-order valence-electron chi connectivity index (χ0n) is 13.2. The van der Waals surface area contributed by atoms with E-state index in [1.54, 1.807) is 11.0 Å². The topological polar surface area (TPSA) is 113 Å². The van der Waals surface area contributed by atoms with Crippen molar-refractivity contribution in [3.63, 3.8) is 0 Å². The molecule has 1 unspecified atom stereocenters. The van der Waals surface area contributed by atoms with Gasteiger partial charge in [0, 0.05) is 36.4 Å². The Morgan fingerprint density at radius 2 is 2.21 bits per heavy atom. The molecule has 1 aliphatic rings. The summed E-state index contributed by atoms with van der Waals surface area (Å²) in [5.41, 5.74) is 6.35. The first kappa shape index (κ1) is 16.3. The maximum absolute atomic E-state index is 12.6. The minimum Gasteiger partial charge on any atom is -0.337 e. The number of nitrogens with one attached hydrogen (secondary N) is 2. The highest BCUT2D eigenvalue weighted by Gasteiger charge is 2.27. The van der Waals surface area contributed by atoms with E-state index in [-0.39, 0.29) is 11.9 Å². The first-order chi connectivity index (χ1) is 11.5. The van der Waals surface area contributed by atoms with Gasteiger partial charge in [0.15, 0.2) is 5.82 Å². The quantitative estimate of drug-likeness (QED) is 0.782. The second-order valence-corrected chi connectivity index (χ2v) is 6.83. The van der Waals surface area contributed by atoms with E-state index in [9.17, 15) is 9.59 Å². The van der Waals surface area contributed by atoms with E-state index in [1.165, 1.54) is 29.9 Å². The van der Waals surface area contributed by atoms with Gasteiger partial charge in [-0.05, 0) is 19.4 Å². The summed E-state index contributed by atoms with van der Waals surface area (Å²) in [5.74, 6) is 0.226. The SMILES string of the molecule is Cc1cc(C(=O)N2CCC(N)C2)c(NC(=O)Nc2cnccn2)s1. The van der Waals surface area contributed by atoms with Gasteiger partial charge in [0.05, 0.1) is 11.8 Å². The molecule has 0 bridgehead atoms. The third kappa shape index (κ3) is 3.69. The normalized spacial score (nSPS) is 16.9. The molecule has 24 heavy (non-hydrogen) atoms. The highest BCUT2D eigenvalue weighted by atomic mass is 32.1. The van der Waals surface area contributed by atoms with Gasteiger partial charge in [-0.2, -0.15) is 0 Å². The van der Waals surface area contributed by atoms with Crippen molar-refractivity contribution in [2.24, 2.45) is 5.73 Å². The molecule has 3 heterocycles. The van der Waals surface area contributed by atoms with Gasteiger partial charge in [0.25, 0.3) is 5.91 Å². The molecule has 3 amide bonds. The Morgan fingerprint density at radius 3 is 2.88 bits per heavy atom. The Morgan fingerprint density at radius 1 is 1.38 bits per heavy atom. The Kier molecular flexibility index (Phi) is 4.72. The van der Waals surface area contributed by atoms with Crippen LogP contribution < -0.4 is 16.4 Å². The van der Waals surface area contributed by atoms with Gasteiger partial charge in [-0.25, -0.2) is 9.78 Å². The van der Waals surface area contributed by atoms with Crippen molar-refractivity contribution in [1.82, 2.24) is 14.9 Å². The maximum Gasteiger partial charge on any atom is 0.325 e. The molecule has 126 valence electrons. The molecule has 4 N–H and O–H groups in total. The van der Waals surface area contributed by atoms with Crippen molar-refractivity contribution in [1.29, 1.82) is 0 Å². The van der Waals surface area contributed by atoms with Crippen LogP contribution in [0.25, 0.3) is 0 Å². The summed E-state index contributed by atoms with van der Waals surface area (Å²) in [4.78, 5) is 35.3. The van der Waals surface area contributed by atoms with Crippen molar-refractivity contribution in [2.75, 3.05) is 23.7 Å². The molecule has 0 aliphatic carbocycles. The lowest BCUT2D eigenvalue weighted by Crippen LogP contribution is -2.32. The molecule has 0 saturated carbocycles. The van der Waals surface area contributed by atoms with E-state index < -0.39 is 6.03 Å². The van der Waals surface area contributed by atoms with Crippen molar-refractivity contribution in [3.05, 3.63) is 35.1 Å². The number of anilines is 2. The van der Waals surface area contributed by atoms with Gasteiger partial charge in [-0.1, -0.05) is 0 Å². The number of rotatable bonds is 3. The lowest BCUT2D eigenvalue weighted by atomic mass is 10.2. The number of amides is 3. The van der Waals surface area contributed by atoms with Gasteiger partial charge < -0.3 is 10.6 Å². The zero-order chi connectivity index (χ0) is 17.1. The van der Waals surface area contributed by atoms with Crippen LogP contribution in [-0.2, 0) is 0 Å². The van der Waals surface area contributed by atoms with Crippen molar-refractivity contribution >= 4 is 34.1 Å². The molecular weight excluding hydrogens is 328 g/mol. The van der Waals surface area contributed by atoms with Crippen LogP contribution >= 0.6 is 11.3 Å². The van der Waals surface area contributed by atoms with E-state index in [4.69, 9.17) is 5.73 Å². The van der Waals surface area contributed by atoms with E-state index in [0.29, 0.717) is 29.5 Å². The molecule has 9 heteroatoms. The Hall–Kier alpha value is -2.52. The third-order valence-electron chi connectivity index (χ3n) is 3.63. The molecule has 0 radical (unpaired) electrons. The fourth-order valence-electron chi connectivity index (χ4n) is 2.52. The average Bonchev–Trinajstić information content (AvgIpc) is 3.13. The summed E-state index contributed by atoms with van der Waals surface area (Å²) in [5, 5.41) is 5.81. The molecule has 0 aromatic carbocycles. The Balaban J connectivity index is 1.72. The molecular formula is C15H18N6O2S. The molecule has 1 aliphatic heterocycles. The Bertz CT molecular complexity index is 748. The number of urea groups is 1. The van der Waals surface area contributed by atoms with Crippen molar-refractivity contribution < 1.29 is 9.59 Å². The van der Waals surface area contributed by atoms with Gasteiger partial charge in [0.2, 0.25) is 0 Å². The first-order valence-electron chi connectivity index (χ1n) is 7.52. The minimum absolute atomic E-state index is 0.0186. The monoisotopic (exact) mass is 346 g/mol. The molecule has 8 nitrogen and oxygen atoms in total. The van der Waals surface area contributed by atoms with Crippen LogP contribution in [0.2, 0.25) is 0 Å². The number of aryl methyl sites for hydroxylation is 1. The summed E-state index contributed by atoms with van der Waals surface area (Å²) >= 11 is 1.35. The number of carbonyl (C=O) groups is 2. The molecule has 3 rings (SSSR count). The van der Waals surface area contributed by atoms with E-state index in [2.05, 4.69) is 20.6 Å². The summed E-state index contributed by atoms with van der Waals surface area (Å²) in [7, 11) is 0. The second-order valence-electron chi connectivity index (χ2n) is 5.57. The molecule has 0 spiro atoms. The molecule has 1 saturated heterocycles. The molecule has 1 fully saturated rings. The van der Waals surface area contributed by atoms with Gasteiger partial charge in [0.1, 0.15) is 5.00 Å². The van der Waals surface area contributed by atoms with Crippen LogP contribution in [0.3, 0.4) is 0 Å². The first-order valence-corrected chi connectivity index (χ1v) is 8.34. The van der Waals surface area contributed by atoms with Crippen molar-refractivity contribution in [3.8, 4) is 0 Å². The largest absolute Gasteiger partial charge is 0.337 e. The Labute approximate surface area is 143 Å². The molecule has 2 aromatic rings. The predicted molar refractivity (Wildman–Crippen MR) is 92.2 cm³/mol. The second kappa shape index (κ2) is 6.93. The van der Waals surface area contributed by atoms with Crippen LogP contribution in [0.15, 0.2) is 24.7 Å². The van der Waals surface area contributed by atoms with Crippen LogP contribution in [0.1, 0.15) is 21.7 Å². The smallest absolute Gasteiger partial charge is 0.325 e. The summed E-state index contributed by atoms with van der Waals surface area (Å²) in [6, 6.07) is 1.34. The number of nitrogens with two attached hydrogens (primary N) is 1. The zero-order valence-corrected chi connectivity index (χ0v) is 14.0. The highest BCUT2D eigenvalue weighted by Crippen LogP contribution is 2.29. The number of nitrogens with zero attached hydrogens (tertiary/aromatic N) is 3. The standard InChI is InChI=1S/C15H18N6O2S/c1-9-6-11(14(22)21-5-2-10(16)8-21)13(24-9)20-15(23)19-12-7-17-3-4-18-12/h3-4,6-7,10H,2,5,8,16H2,1H3,(H2,18,19,20,23). The summed E-state index contributed by atoms with van der Waals surface area (Å²) in [6.45, 7) is 3.07. The number of likely N-dealkylation sites (tertiary alicyclic amines) is 1. The van der Waals surface area contributed by atoms with Gasteiger partial charge >= 0.3 is 6.03 Å². The van der Waals surface area contributed by atoms with Crippen LogP contribution in [0, 0.1) is 6.92 Å². The van der Waals surface area contributed by atoms with E-state index in [0.717, 1.165) is 11.3 Å².